The minimum atomic E-state index is -0.136. The van der Waals surface area contributed by atoms with Crippen LogP contribution in [-0.2, 0) is 9.53 Å². The van der Waals surface area contributed by atoms with E-state index in [1.807, 2.05) is 0 Å². The molecule has 0 spiro atoms. The minimum absolute atomic E-state index is 0.0944. The van der Waals surface area contributed by atoms with Crippen LogP contribution in [0.2, 0.25) is 0 Å². The maximum absolute atomic E-state index is 12.0. The van der Waals surface area contributed by atoms with Gasteiger partial charge in [0.1, 0.15) is 0 Å². The summed E-state index contributed by atoms with van der Waals surface area (Å²) in [6, 6.07) is 0.244. The fraction of sp³-hybridized carbons (Fsp3) is 0.917. The minimum Gasteiger partial charge on any atom is -0.379 e. The zero-order valence-electron chi connectivity index (χ0n) is 9.78. The fourth-order valence-corrected chi connectivity index (χ4v) is 2.57. The molecule has 1 aliphatic carbocycles. The van der Waals surface area contributed by atoms with Crippen LogP contribution >= 0.6 is 0 Å². The summed E-state index contributed by atoms with van der Waals surface area (Å²) >= 11 is 0. The van der Waals surface area contributed by atoms with E-state index in [0.717, 1.165) is 12.8 Å². The summed E-state index contributed by atoms with van der Waals surface area (Å²) in [7, 11) is 0. The molecule has 1 saturated heterocycles. The van der Waals surface area contributed by atoms with Gasteiger partial charge in [-0.25, -0.2) is 0 Å². The number of carbonyl (C=O) groups is 1. The van der Waals surface area contributed by atoms with Crippen LogP contribution in [-0.4, -0.2) is 31.2 Å². The van der Waals surface area contributed by atoms with Crippen molar-refractivity contribution in [3.63, 3.8) is 0 Å². The molecule has 2 rings (SSSR count). The molecule has 0 bridgehead atoms. The van der Waals surface area contributed by atoms with Crippen LogP contribution in [0.4, 0.5) is 0 Å². The zero-order chi connectivity index (χ0) is 11.4. The molecule has 16 heavy (non-hydrogen) atoms. The molecule has 1 saturated carbocycles. The first-order chi connectivity index (χ1) is 7.77. The summed E-state index contributed by atoms with van der Waals surface area (Å²) in [5, 5.41) is 3.13. The summed E-state index contributed by atoms with van der Waals surface area (Å²) in [5.74, 6) is -0.0415. The van der Waals surface area contributed by atoms with Gasteiger partial charge in [-0.2, -0.15) is 0 Å². The Labute approximate surface area is 96.9 Å². The maximum atomic E-state index is 12.0. The third-order valence-corrected chi connectivity index (χ3v) is 3.66. The third kappa shape index (κ3) is 2.95. The van der Waals surface area contributed by atoms with Gasteiger partial charge in [0.25, 0.3) is 0 Å². The molecule has 92 valence electrons. The van der Waals surface area contributed by atoms with E-state index in [2.05, 4.69) is 5.32 Å². The van der Waals surface area contributed by atoms with Gasteiger partial charge in [0.05, 0.1) is 19.1 Å². The van der Waals surface area contributed by atoms with E-state index < -0.39 is 0 Å². The Hall–Kier alpha value is -0.610. The van der Waals surface area contributed by atoms with Gasteiger partial charge in [0, 0.05) is 12.1 Å². The Balaban J connectivity index is 1.81. The van der Waals surface area contributed by atoms with Gasteiger partial charge in [-0.15, -0.1) is 0 Å². The van der Waals surface area contributed by atoms with Crippen LogP contribution < -0.4 is 11.1 Å². The average Bonchev–Trinajstić information content (AvgIpc) is 2.53. The number of amides is 1. The van der Waals surface area contributed by atoms with E-state index in [-0.39, 0.29) is 17.9 Å². The van der Waals surface area contributed by atoms with Crippen LogP contribution in [0.25, 0.3) is 0 Å². The first kappa shape index (κ1) is 11.9. The van der Waals surface area contributed by atoms with Gasteiger partial charge < -0.3 is 15.8 Å². The van der Waals surface area contributed by atoms with Crippen molar-refractivity contribution in [1.29, 1.82) is 0 Å². The van der Waals surface area contributed by atoms with Crippen molar-refractivity contribution in [3.05, 3.63) is 0 Å². The smallest absolute Gasteiger partial charge is 0.227 e. The van der Waals surface area contributed by atoms with Crippen LogP contribution in [0.1, 0.15) is 38.5 Å². The number of ether oxygens (including phenoxy) is 1. The molecule has 0 aromatic heterocycles. The number of carbonyl (C=O) groups excluding carboxylic acids is 1. The summed E-state index contributed by atoms with van der Waals surface area (Å²) in [6.45, 7) is 1.00. The van der Waals surface area contributed by atoms with E-state index >= 15 is 0 Å². The molecule has 0 aromatic rings. The number of hydrogen-bond donors (Lipinski definition) is 2. The topological polar surface area (TPSA) is 64.3 Å². The standard InChI is InChI=1S/C12H22N2O2/c13-11-8-16-7-10(11)12(15)14-9-5-3-1-2-4-6-9/h9-11H,1-8,13H2,(H,14,15). The van der Waals surface area contributed by atoms with Crippen molar-refractivity contribution in [2.45, 2.75) is 50.6 Å². The molecular formula is C12H22N2O2. The molecule has 2 atom stereocenters. The second-order valence-corrected chi connectivity index (χ2v) is 5.00. The molecule has 1 heterocycles. The summed E-state index contributed by atoms with van der Waals surface area (Å²) in [5.41, 5.74) is 5.83. The van der Waals surface area contributed by atoms with Gasteiger partial charge in [-0.05, 0) is 12.8 Å². The van der Waals surface area contributed by atoms with Crippen LogP contribution in [0.3, 0.4) is 0 Å². The van der Waals surface area contributed by atoms with Gasteiger partial charge in [0.15, 0.2) is 0 Å². The predicted molar refractivity (Wildman–Crippen MR) is 61.9 cm³/mol. The molecule has 2 aliphatic rings. The number of hydrogen-bond acceptors (Lipinski definition) is 3. The van der Waals surface area contributed by atoms with Crippen molar-refractivity contribution in [2.75, 3.05) is 13.2 Å². The number of rotatable bonds is 2. The van der Waals surface area contributed by atoms with Crippen LogP contribution in [0.5, 0.6) is 0 Å². The van der Waals surface area contributed by atoms with E-state index in [4.69, 9.17) is 10.5 Å². The van der Waals surface area contributed by atoms with Crippen LogP contribution in [0.15, 0.2) is 0 Å². The SMILES string of the molecule is NC1COCC1C(=O)NC1CCCCCC1. The monoisotopic (exact) mass is 226 g/mol. The highest BCUT2D eigenvalue weighted by atomic mass is 16.5. The van der Waals surface area contributed by atoms with Gasteiger partial charge in [0.2, 0.25) is 5.91 Å². The van der Waals surface area contributed by atoms with Gasteiger partial charge in [-0.1, -0.05) is 25.7 Å². The molecule has 1 aliphatic heterocycles. The molecular weight excluding hydrogens is 204 g/mol. The lowest BCUT2D eigenvalue weighted by molar-refractivity contribution is -0.126. The van der Waals surface area contributed by atoms with E-state index in [0.29, 0.717) is 19.3 Å². The molecule has 4 nitrogen and oxygen atoms in total. The highest BCUT2D eigenvalue weighted by Gasteiger charge is 2.32. The molecule has 1 amide bonds. The van der Waals surface area contributed by atoms with Gasteiger partial charge in [-0.3, -0.25) is 4.79 Å². The number of nitrogens with two attached hydrogens (primary N) is 1. The second kappa shape index (κ2) is 5.64. The lowest BCUT2D eigenvalue weighted by Gasteiger charge is -2.20. The Bertz CT molecular complexity index is 237. The van der Waals surface area contributed by atoms with E-state index in [9.17, 15) is 4.79 Å². The molecule has 2 fully saturated rings. The fourth-order valence-electron chi connectivity index (χ4n) is 2.57. The summed E-state index contributed by atoms with van der Waals surface area (Å²) in [6.07, 6.45) is 7.32. The van der Waals surface area contributed by atoms with Gasteiger partial charge >= 0.3 is 0 Å². The van der Waals surface area contributed by atoms with Crippen molar-refractivity contribution < 1.29 is 9.53 Å². The largest absolute Gasteiger partial charge is 0.379 e. The second-order valence-electron chi connectivity index (χ2n) is 5.00. The normalized spacial score (nSPS) is 32.3. The Morgan fingerprint density at radius 1 is 1.12 bits per heavy atom. The Morgan fingerprint density at radius 3 is 2.38 bits per heavy atom. The van der Waals surface area contributed by atoms with E-state index in [1.54, 1.807) is 0 Å². The Morgan fingerprint density at radius 2 is 1.81 bits per heavy atom. The van der Waals surface area contributed by atoms with Crippen molar-refractivity contribution >= 4 is 5.91 Å². The van der Waals surface area contributed by atoms with Crippen molar-refractivity contribution in [3.8, 4) is 0 Å². The highest BCUT2D eigenvalue weighted by Crippen LogP contribution is 2.18. The molecule has 3 N–H and O–H groups in total. The van der Waals surface area contributed by atoms with Crippen molar-refractivity contribution in [1.82, 2.24) is 5.32 Å². The molecule has 2 unspecified atom stereocenters. The number of nitrogens with one attached hydrogen (secondary N) is 1. The highest BCUT2D eigenvalue weighted by molar-refractivity contribution is 5.80. The summed E-state index contributed by atoms with van der Waals surface area (Å²) in [4.78, 5) is 12.0. The molecule has 0 radical (unpaired) electrons. The van der Waals surface area contributed by atoms with Crippen molar-refractivity contribution in [2.24, 2.45) is 11.7 Å². The predicted octanol–water partition coefficient (Wildman–Crippen LogP) is 0.799. The third-order valence-electron chi connectivity index (χ3n) is 3.66. The molecule has 0 aromatic carbocycles. The quantitative estimate of drug-likeness (QED) is 0.684. The summed E-state index contributed by atoms with van der Waals surface area (Å²) < 4.78 is 5.22. The Kier molecular flexibility index (Phi) is 4.18. The van der Waals surface area contributed by atoms with Crippen LogP contribution in [0, 0.1) is 5.92 Å². The zero-order valence-corrected chi connectivity index (χ0v) is 9.78. The first-order valence-electron chi connectivity index (χ1n) is 6.41. The average molecular weight is 226 g/mol. The first-order valence-corrected chi connectivity index (χ1v) is 6.41. The molecule has 4 heteroatoms. The maximum Gasteiger partial charge on any atom is 0.227 e. The van der Waals surface area contributed by atoms with E-state index in [1.165, 1.54) is 25.7 Å². The lowest BCUT2D eigenvalue weighted by Crippen LogP contribution is -2.44. The lowest BCUT2D eigenvalue weighted by atomic mass is 10.0.